The SMILES string of the molecule is CC.CO/C(C(=O)CO)=C(/C)N1CC2(CN(Cc3ccc(-n4c(-c5cccnc5N)nc5ccc(-c6ccccc6)nc54)cc3)C2)C1. The summed E-state index contributed by atoms with van der Waals surface area (Å²) < 4.78 is 7.33. The molecule has 10 nitrogen and oxygen atoms in total. The number of methoxy groups -OCH3 is 1. The molecule has 10 heteroatoms. The highest BCUT2D eigenvalue weighted by atomic mass is 16.5. The highest BCUT2D eigenvalue weighted by Gasteiger charge is 2.52. The van der Waals surface area contributed by atoms with Crippen LogP contribution < -0.4 is 5.73 Å². The number of aliphatic hydroxyl groups is 1. The van der Waals surface area contributed by atoms with Crippen LogP contribution in [-0.4, -0.2) is 80.1 Å². The van der Waals surface area contributed by atoms with E-state index in [1.54, 1.807) is 6.20 Å². The van der Waals surface area contributed by atoms with E-state index in [-0.39, 0.29) is 17.0 Å². The number of carbonyl (C=O) groups excluding carboxylic acids is 1. The summed E-state index contributed by atoms with van der Waals surface area (Å²) in [7, 11) is 1.47. The molecule has 5 heterocycles. The smallest absolute Gasteiger partial charge is 0.224 e. The second-order valence-corrected chi connectivity index (χ2v) is 12.0. The van der Waals surface area contributed by atoms with Crippen molar-refractivity contribution in [1.29, 1.82) is 0 Å². The van der Waals surface area contributed by atoms with E-state index in [4.69, 9.17) is 20.4 Å². The number of anilines is 1. The molecule has 0 bridgehead atoms. The predicted octanol–water partition coefficient (Wildman–Crippen LogP) is 5.31. The number of hydrogen-bond donors (Lipinski definition) is 2. The van der Waals surface area contributed by atoms with E-state index in [0.717, 1.165) is 72.1 Å². The number of nitrogen functional groups attached to an aromatic ring is 1. The van der Waals surface area contributed by atoms with E-state index in [1.807, 2.05) is 63.2 Å². The molecule has 0 amide bonds. The molecule has 3 N–H and O–H groups in total. The van der Waals surface area contributed by atoms with Gasteiger partial charge in [0.15, 0.2) is 17.2 Å². The van der Waals surface area contributed by atoms with Crippen molar-refractivity contribution in [3.63, 3.8) is 0 Å². The topological polar surface area (TPSA) is 123 Å². The van der Waals surface area contributed by atoms with E-state index in [0.29, 0.717) is 11.6 Å². The Morgan fingerprint density at radius 1 is 0.936 bits per heavy atom. The number of carbonyl (C=O) groups is 1. The van der Waals surface area contributed by atoms with Crippen molar-refractivity contribution in [1.82, 2.24) is 29.3 Å². The third-order valence-electron chi connectivity index (χ3n) is 8.83. The summed E-state index contributed by atoms with van der Waals surface area (Å²) in [6.45, 7) is 9.94. The number of rotatable bonds is 9. The number of imidazole rings is 1. The van der Waals surface area contributed by atoms with E-state index in [2.05, 4.69) is 55.7 Å². The van der Waals surface area contributed by atoms with Crippen LogP contribution in [0.1, 0.15) is 26.3 Å². The fourth-order valence-corrected chi connectivity index (χ4v) is 6.66. The van der Waals surface area contributed by atoms with Crippen LogP contribution >= 0.6 is 0 Å². The van der Waals surface area contributed by atoms with Crippen molar-refractivity contribution in [3.8, 4) is 28.3 Å². The average Bonchev–Trinajstić information content (AvgIpc) is 3.45. The van der Waals surface area contributed by atoms with Gasteiger partial charge in [-0.2, -0.15) is 0 Å². The third-order valence-corrected chi connectivity index (χ3v) is 8.83. The molecule has 7 rings (SSSR count). The van der Waals surface area contributed by atoms with Crippen LogP contribution in [0.3, 0.4) is 0 Å². The molecular formula is C37H41N7O3. The molecule has 2 aromatic carbocycles. The number of aliphatic hydroxyl groups excluding tert-OH is 1. The van der Waals surface area contributed by atoms with Crippen molar-refractivity contribution in [2.45, 2.75) is 27.3 Å². The van der Waals surface area contributed by atoms with Crippen molar-refractivity contribution in [3.05, 3.63) is 102 Å². The molecule has 5 aromatic rings. The zero-order chi connectivity index (χ0) is 33.1. The minimum absolute atomic E-state index is 0.235. The van der Waals surface area contributed by atoms with Crippen LogP contribution in [0.4, 0.5) is 5.82 Å². The van der Waals surface area contributed by atoms with E-state index in [1.165, 1.54) is 12.7 Å². The maximum atomic E-state index is 12.0. The number of fused-ring (bicyclic) bond motifs is 1. The summed E-state index contributed by atoms with van der Waals surface area (Å²) >= 11 is 0. The number of ketones is 1. The maximum Gasteiger partial charge on any atom is 0.224 e. The third kappa shape index (κ3) is 6.09. The first kappa shape index (κ1) is 31.9. The van der Waals surface area contributed by atoms with Gasteiger partial charge in [-0.1, -0.05) is 56.3 Å². The van der Waals surface area contributed by atoms with Crippen LogP contribution in [0, 0.1) is 5.41 Å². The van der Waals surface area contributed by atoms with Crippen LogP contribution in [0.5, 0.6) is 0 Å². The Labute approximate surface area is 275 Å². The van der Waals surface area contributed by atoms with Gasteiger partial charge in [0.2, 0.25) is 5.78 Å². The number of nitrogens with two attached hydrogens (primary N) is 1. The molecule has 0 saturated carbocycles. The number of benzene rings is 2. The largest absolute Gasteiger partial charge is 0.491 e. The van der Waals surface area contributed by atoms with Crippen molar-refractivity contribution in [2.24, 2.45) is 5.41 Å². The summed E-state index contributed by atoms with van der Waals surface area (Å²) in [5.41, 5.74) is 13.7. The van der Waals surface area contributed by atoms with Gasteiger partial charge in [-0.05, 0) is 48.9 Å². The van der Waals surface area contributed by atoms with Gasteiger partial charge in [0.05, 0.1) is 24.1 Å². The molecule has 3 aromatic heterocycles. The Bertz CT molecular complexity index is 1900. The van der Waals surface area contributed by atoms with Crippen LogP contribution in [0.15, 0.2) is 96.5 Å². The first-order chi connectivity index (χ1) is 22.9. The van der Waals surface area contributed by atoms with Crippen LogP contribution in [0.2, 0.25) is 0 Å². The molecule has 2 fully saturated rings. The summed E-state index contributed by atoms with van der Waals surface area (Å²) in [6, 6.07) is 26.5. The van der Waals surface area contributed by atoms with Crippen molar-refractivity contribution < 1.29 is 14.6 Å². The number of likely N-dealkylation sites (tertiary alicyclic amines) is 2. The van der Waals surface area contributed by atoms with Gasteiger partial charge < -0.3 is 20.5 Å². The maximum absolute atomic E-state index is 12.0. The summed E-state index contributed by atoms with van der Waals surface area (Å²) in [6.07, 6.45) is 1.68. The lowest BCUT2D eigenvalue weighted by Crippen LogP contribution is -2.71. The minimum Gasteiger partial charge on any atom is -0.491 e. The Morgan fingerprint density at radius 3 is 2.32 bits per heavy atom. The molecule has 242 valence electrons. The van der Waals surface area contributed by atoms with E-state index in [9.17, 15) is 9.90 Å². The van der Waals surface area contributed by atoms with Crippen LogP contribution in [-0.2, 0) is 16.1 Å². The Balaban J connectivity index is 0.00000190. The monoisotopic (exact) mass is 631 g/mol. The number of aromatic nitrogens is 4. The van der Waals surface area contributed by atoms with Crippen molar-refractivity contribution in [2.75, 3.05) is 45.6 Å². The number of ether oxygens (including phenoxy) is 1. The lowest BCUT2D eigenvalue weighted by atomic mass is 9.72. The lowest BCUT2D eigenvalue weighted by Gasteiger charge is -2.61. The van der Waals surface area contributed by atoms with Gasteiger partial charge in [-0.25, -0.2) is 15.0 Å². The predicted molar refractivity (Wildman–Crippen MR) is 184 cm³/mol. The molecule has 0 radical (unpaired) electrons. The number of allylic oxidation sites excluding steroid dienone is 1. The number of Topliss-reactive ketones (excluding diaryl/α,β-unsaturated/α-hetero) is 1. The molecule has 0 atom stereocenters. The second kappa shape index (κ2) is 13.4. The summed E-state index contributed by atoms with van der Waals surface area (Å²) in [5, 5.41) is 9.24. The van der Waals surface area contributed by atoms with Gasteiger partial charge in [0.1, 0.15) is 17.9 Å². The quantitative estimate of drug-likeness (QED) is 0.165. The minimum atomic E-state index is -0.548. The zero-order valence-electron chi connectivity index (χ0n) is 27.3. The van der Waals surface area contributed by atoms with Gasteiger partial charge in [-0.3, -0.25) is 14.3 Å². The van der Waals surface area contributed by atoms with Crippen molar-refractivity contribution >= 4 is 22.8 Å². The zero-order valence-corrected chi connectivity index (χ0v) is 27.3. The molecule has 2 aliphatic rings. The Kier molecular flexibility index (Phi) is 9.06. The summed E-state index contributed by atoms with van der Waals surface area (Å²) in [5.74, 6) is 0.971. The van der Waals surface area contributed by atoms with Crippen LogP contribution in [0.25, 0.3) is 39.5 Å². The molecule has 1 spiro atoms. The van der Waals surface area contributed by atoms with E-state index >= 15 is 0 Å². The van der Waals surface area contributed by atoms with Gasteiger partial charge in [-0.15, -0.1) is 0 Å². The molecule has 0 unspecified atom stereocenters. The number of nitrogens with zero attached hydrogens (tertiary/aromatic N) is 6. The fourth-order valence-electron chi connectivity index (χ4n) is 6.66. The highest BCUT2D eigenvalue weighted by molar-refractivity contribution is 5.94. The van der Waals surface area contributed by atoms with Gasteiger partial charge in [0.25, 0.3) is 0 Å². The second-order valence-electron chi connectivity index (χ2n) is 12.0. The molecule has 0 aliphatic carbocycles. The molecule has 2 aliphatic heterocycles. The highest BCUT2D eigenvalue weighted by Crippen LogP contribution is 2.42. The first-order valence-electron chi connectivity index (χ1n) is 16.0. The molecule has 2 saturated heterocycles. The average molecular weight is 632 g/mol. The number of pyridine rings is 2. The van der Waals surface area contributed by atoms with Gasteiger partial charge >= 0.3 is 0 Å². The Morgan fingerprint density at radius 2 is 1.66 bits per heavy atom. The van der Waals surface area contributed by atoms with E-state index < -0.39 is 6.61 Å². The number of hydrogen-bond acceptors (Lipinski definition) is 9. The standard InChI is InChI=1S/C35H35N7O3.C2H6/c1-23(31(45-2)30(44)18-43)41-21-35(22-41)19-40(20-35)17-24-10-12-26(13-11-24)42-33(27-9-6-16-37-32(27)36)39-29-15-14-28(38-34(29)42)25-7-4-3-5-8-25;1-2/h3-16,43H,17-22H2,1-2H3,(H2,36,37);1-2H3/b31-23-;. The first-order valence-corrected chi connectivity index (χ1v) is 16.0. The Hall–Kier alpha value is -5.06. The summed E-state index contributed by atoms with van der Waals surface area (Å²) in [4.78, 5) is 30.9. The molecular weight excluding hydrogens is 590 g/mol. The fraction of sp³-hybridized carbons (Fsp3) is 0.297. The van der Waals surface area contributed by atoms with Gasteiger partial charge in [0, 0.05) is 55.6 Å². The molecule has 47 heavy (non-hydrogen) atoms. The lowest BCUT2D eigenvalue weighted by molar-refractivity contribution is -0.123. The normalized spacial score (nSPS) is 15.7.